The highest BCUT2D eigenvalue weighted by Gasteiger charge is 2.35. The first kappa shape index (κ1) is 12.0. The number of aromatic nitrogens is 2. The van der Waals surface area contributed by atoms with Crippen molar-refractivity contribution in [2.24, 2.45) is 0 Å². The van der Waals surface area contributed by atoms with Gasteiger partial charge in [0.25, 0.3) is 5.56 Å². The molecule has 1 saturated heterocycles. The highest BCUT2D eigenvalue weighted by Crippen LogP contribution is 2.26. The molecule has 17 heavy (non-hydrogen) atoms. The van der Waals surface area contributed by atoms with Crippen LogP contribution in [0.4, 0.5) is 0 Å². The van der Waals surface area contributed by atoms with Gasteiger partial charge in [0, 0.05) is 18.7 Å². The van der Waals surface area contributed by atoms with E-state index in [1.807, 2.05) is 5.48 Å². The quantitative estimate of drug-likeness (QED) is 0.464. The monoisotopic (exact) mass is 243 g/mol. The van der Waals surface area contributed by atoms with Crippen LogP contribution < -0.4 is 16.7 Å². The maximum atomic E-state index is 11.5. The van der Waals surface area contributed by atoms with E-state index in [4.69, 9.17) is 15.1 Å². The average Bonchev–Trinajstić information content (AvgIpc) is 2.72. The standard InChI is InChI=1S/C9H13N3O5/c13-4-6-5(11-16)3-8(17-6)12-2-1-7(14)10-9(12)15/h1-2,5-6,8,11,13,16H,3-4H2,(H,10,14,15)/t5?,6-,8-/m1/s1. The molecule has 3 atom stereocenters. The highest BCUT2D eigenvalue weighted by molar-refractivity contribution is 4.89. The maximum absolute atomic E-state index is 11.5. The number of aromatic amines is 1. The lowest BCUT2D eigenvalue weighted by Gasteiger charge is -2.14. The summed E-state index contributed by atoms with van der Waals surface area (Å²) in [5, 5.41) is 17.9. The van der Waals surface area contributed by atoms with Crippen molar-refractivity contribution in [3.63, 3.8) is 0 Å². The van der Waals surface area contributed by atoms with Crippen LogP contribution >= 0.6 is 0 Å². The molecule has 2 rings (SSSR count). The van der Waals surface area contributed by atoms with Crippen LogP contribution in [0, 0.1) is 0 Å². The number of hydrogen-bond donors (Lipinski definition) is 4. The third-order valence-electron chi connectivity index (χ3n) is 2.74. The van der Waals surface area contributed by atoms with E-state index in [1.54, 1.807) is 0 Å². The molecule has 94 valence electrons. The topological polar surface area (TPSA) is 117 Å². The van der Waals surface area contributed by atoms with E-state index in [1.165, 1.54) is 16.8 Å². The number of hydrogen-bond acceptors (Lipinski definition) is 6. The molecular formula is C9H13N3O5. The van der Waals surface area contributed by atoms with E-state index in [-0.39, 0.29) is 6.61 Å². The van der Waals surface area contributed by atoms with Gasteiger partial charge in [-0.05, 0) is 0 Å². The minimum atomic E-state index is -0.624. The molecule has 0 aromatic carbocycles. The molecule has 0 aliphatic carbocycles. The van der Waals surface area contributed by atoms with Crippen molar-refractivity contribution in [1.82, 2.24) is 15.0 Å². The third kappa shape index (κ3) is 2.29. The van der Waals surface area contributed by atoms with Crippen LogP contribution in [0.15, 0.2) is 21.9 Å². The van der Waals surface area contributed by atoms with Gasteiger partial charge in [-0.2, -0.15) is 5.48 Å². The predicted molar refractivity (Wildman–Crippen MR) is 55.6 cm³/mol. The number of H-pyrrole nitrogens is 1. The largest absolute Gasteiger partial charge is 0.394 e. The van der Waals surface area contributed by atoms with Crippen LogP contribution in [0.2, 0.25) is 0 Å². The minimum absolute atomic E-state index is 0.271. The van der Waals surface area contributed by atoms with Crippen LogP contribution in [-0.2, 0) is 4.74 Å². The average molecular weight is 243 g/mol. The zero-order valence-corrected chi connectivity index (χ0v) is 8.87. The number of aliphatic hydroxyl groups is 1. The van der Waals surface area contributed by atoms with Crippen molar-refractivity contribution in [3.8, 4) is 0 Å². The Bertz CT molecular complexity index is 484. The molecule has 1 fully saturated rings. The van der Waals surface area contributed by atoms with Crippen molar-refractivity contribution in [2.75, 3.05) is 6.61 Å². The van der Waals surface area contributed by atoms with E-state index in [2.05, 4.69) is 4.98 Å². The Morgan fingerprint density at radius 3 is 2.88 bits per heavy atom. The Hall–Kier alpha value is -1.48. The van der Waals surface area contributed by atoms with E-state index >= 15 is 0 Å². The van der Waals surface area contributed by atoms with Crippen molar-refractivity contribution >= 4 is 0 Å². The van der Waals surface area contributed by atoms with Gasteiger partial charge >= 0.3 is 5.69 Å². The van der Waals surface area contributed by atoms with Crippen LogP contribution in [0.3, 0.4) is 0 Å². The van der Waals surface area contributed by atoms with Crippen molar-refractivity contribution < 1.29 is 15.1 Å². The lowest BCUT2D eigenvalue weighted by atomic mass is 10.1. The van der Waals surface area contributed by atoms with E-state index < -0.39 is 29.6 Å². The molecule has 1 aromatic heterocycles. The van der Waals surface area contributed by atoms with Gasteiger partial charge in [-0.3, -0.25) is 14.3 Å². The SMILES string of the molecule is O=c1ccn([C@H]2CC(NO)[C@@H](CO)O2)c(=O)[nH]1. The van der Waals surface area contributed by atoms with Crippen LogP contribution in [0.25, 0.3) is 0 Å². The summed E-state index contributed by atoms with van der Waals surface area (Å²) in [5.41, 5.74) is 0.951. The summed E-state index contributed by atoms with van der Waals surface area (Å²) in [7, 11) is 0. The Labute approximate surface area is 95.4 Å². The maximum Gasteiger partial charge on any atom is 0.330 e. The first-order chi connectivity index (χ1) is 8.15. The Kier molecular flexibility index (Phi) is 3.38. The fourth-order valence-corrected chi connectivity index (χ4v) is 1.86. The van der Waals surface area contributed by atoms with Crippen molar-refractivity contribution in [3.05, 3.63) is 33.1 Å². The summed E-state index contributed by atoms with van der Waals surface area (Å²) in [6.45, 7) is -0.271. The van der Waals surface area contributed by atoms with Crippen molar-refractivity contribution in [2.45, 2.75) is 24.8 Å². The van der Waals surface area contributed by atoms with Gasteiger partial charge in [0.1, 0.15) is 12.3 Å². The van der Waals surface area contributed by atoms with Crippen LogP contribution in [0.5, 0.6) is 0 Å². The molecule has 0 saturated carbocycles. The molecule has 4 N–H and O–H groups in total. The zero-order chi connectivity index (χ0) is 12.4. The molecule has 0 radical (unpaired) electrons. The molecule has 1 aliphatic rings. The zero-order valence-electron chi connectivity index (χ0n) is 8.87. The van der Waals surface area contributed by atoms with Gasteiger partial charge < -0.3 is 15.1 Å². The molecule has 2 heterocycles. The van der Waals surface area contributed by atoms with E-state index in [0.29, 0.717) is 6.42 Å². The third-order valence-corrected chi connectivity index (χ3v) is 2.74. The Balaban J connectivity index is 2.25. The lowest BCUT2D eigenvalue weighted by Crippen LogP contribution is -2.36. The number of nitrogens with zero attached hydrogens (tertiary/aromatic N) is 1. The van der Waals surface area contributed by atoms with Gasteiger partial charge in [0.2, 0.25) is 0 Å². The summed E-state index contributed by atoms with van der Waals surface area (Å²) < 4.78 is 6.60. The summed E-state index contributed by atoms with van der Waals surface area (Å²) >= 11 is 0. The second kappa shape index (κ2) is 4.80. The number of aliphatic hydroxyl groups excluding tert-OH is 1. The summed E-state index contributed by atoms with van der Waals surface area (Å²) in [6.07, 6.45) is 0.415. The smallest absolute Gasteiger partial charge is 0.330 e. The van der Waals surface area contributed by atoms with Gasteiger partial charge in [0.15, 0.2) is 0 Å². The summed E-state index contributed by atoms with van der Waals surface area (Å²) in [5.74, 6) is 0. The molecule has 1 aromatic rings. The second-order valence-corrected chi connectivity index (χ2v) is 3.80. The number of rotatable bonds is 3. The Morgan fingerprint density at radius 2 is 2.35 bits per heavy atom. The number of ether oxygens (including phenoxy) is 1. The second-order valence-electron chi connectivity index (χ2n) is 3.80. The molecule has 0 spiro atoms. The first-order valence-electron chi connectivity index (χ1n) is 5.13. The fourth-order valence-electron chi connectivity index (χ4n) is 1.86. The van der Waals surface area contributed by atoms with Gasteiger partial charge in [-0.15, -0.1) is 0 Å². The minimum Gasteiger partial charge on any atom is -0.394 e. The Morgan fingerprint density at radius 1 is 1.59 bits per heavy atom. The van der Waals surface area contributed by atoms with Gasteiger partial charge in [-0.25, -0.2) is 4.79 Å². The van der Waals surface area contributed by atoms with E-state index in [9.17, 15) is 9.59 Å². The molecule has 8 heteroatoms. The summed E-state index contributed by atoms with van der Waals surface area (Å²) in [6, 6.07) is 0.752. The normalized spacial score (nSPS) is 28.5. The molecule has 0 amide bonds. The molecule has 0 bridgehead atoms. The summed E-state index contributed by atoms with van der Waals surface area (Å²) in [4.78, 5) is 24.5. The highest BCUT2D eigenvalue weighted by atomic mass is 16.5. The number of hydroxylamine groups is 1. The molecule has 1 aliphatic heterocycles. The van der Waals surface area contributed by atoms with Crippen molar-refractivity contribution in [1.29, 1.82) is 0 Å². The molecule has 8 nitrogen and oxygen atoms in total. The van der Waals surface area contributed by atoms with Crippen LogP contribution in [-0.4, -0.2) is 38.6 Å². The van der Waals surface area contributed by atoms with Gasteiger partial charge in [0.05, 0.1) is 12.6 Å². The lowest BCUT2D eigenvalue weighted by molar-refractivity contribution is -0.0378. The predicted octanol–water partition coefficient (Wildman–Crippen LogP) is -1.84. The first-order valence-corrected chi connectivity index (χ1v) is 5.13. The van der Waals surface area contributed by atoms with E-state index in [0.717, 1.165) is 0 Å². The number of nitrogens with one attached hydrogen (secondary N) is 2. The van der Waals surface area contributed by atoms with Gasteiger partial charge in [-0.1, -0.05) is 0 Å². The molecular weight excluding hydrogens is 230 g/mol. The molecule has 1 unspecified atom stereocenters. The fraction of sp³-hybridized carbons (Fsp3) is 0.556. The van der Waals surface area contributed by atoms with Crippen LogP contribution in [0.1, 0.15) is 12.6 Å².